The molecule has 0 spiro atoms. The summed E-state index contributed by atoms with van der Waals surface area (Å²) in [6, 6.07) is 7.80. The molecule has 0 aliphatic rings. The largest absolute Gasteiger partial charge is 0.395 e. The Morgan fingerprint density at radius 2 is 2.29 bits per heavy atom. The minimum atomic E-state index is -0.0546. The summed E-state index contributed by atoms with van der Waals surface area (Å²) >= 11 is 2.21. The van der Waals surface area contributed by atoms with Crippen molar-refractivity contribution in [2.24, 2.45) is 0 Å². The van der Waals surface area contributed by atoms with Gasteiger partial charge in [0.1, 0.15) is 0 Å². The molecule has 0 saturated carbocycles. The molecule has 0 saturated heterocycles. The van der Waals surface area contributed by atoms with Crippen molar-refractivity contribution < 1.29 is 9.90 Å². The van der Waals surface area contributed by atoms with Gasteiger partial charge in [-0.3, -0.25) is 4.79 Å². The molecule has 0 bridgehead atoms. The summed E-state index contributed by atoms with van der Waals surface area (Å²) in [4.78, 5) is 11.3. The van der Waals surface area contributed by atoms with Crippen LogP contribution in [0.15, 0.2) is 24.3 Å². The lowest BCUT2D eigenvalue weighted by molar-refractivity contribution is -0.120. The topological polar surface area (TPSA) is 49.3 Å². The van der Waals surface area contributed by atoms with Gasteiger partial charge in [0.15, 0.2) is 0 Å². The lowest BCUT2D eigenvalue weighted by Gasteiger charge is -2.03. The highest BCUT2D eigenvalue weighted by atomic mass is 127. The van der Waals surface area contributed by atoms with Gasteiger partial charge in [-0.15, -0.1) is 0 Å². The van der Waals surface area contributed by atoms with Gasteiger partial charge in [0.25, 0.3) is 0 Å². The summed E-state index contributed by atoms with van der Waals surface area (Å²) < 4.78 is 1.12. The molecular weight excluding hydrogens is 293 g/mol. The molecule has 1 amide bonds. The Labute approximate surface area is 96.7 Å². The average Bonchev–Trinajstić information content (AvgIpc) is 2.15. The number of nitrogens with one attached hydrogen (secondary N) is 1. The van der Waals surface area contributed by atoms with E-state index in [2.05, 4.69) is 27.9 Å². The fourth-order valence-electron chi connectivity index (χ4n) is 1.09. The molecule has 0 aliphatic heterocycles. The summed E-state index contributed by atoms with van der Waals surface area (Å²) in [5, 5.41) is 11.1. The zero-order valence-corrected chi connectivity index (χ0v) is 9.82. The van der Waals surface area contributed by atoms with Crippen molar-refractivity contribution in [1.82, 2.24) is 5.32 Å². The summed E-state index contributed by atoms with van der Waals surface area (Å²) in [6.07, 6.45) is 0.372. The molecule has 0 atom stereocenters. The van der Waals surface area contributed by atoms with Crippen LogP contribution in [0.4, 0.5) is 0 Å². The van der Waals surface area contributed by atoms with Crippen LogP contribution >= 0.6 is 22.6 Å². The first-order valence-corrected chi connectivity index (χ1v) is 5.42. The number of hydrogen-bond donors (Lipinski definition) is 2. The Bertz CT molecular complexity index is 315. The molecule has 2 N–H and O–H groups in total. The van der Waals surface area contributed by atoms with E-state index in [1.54, 1.807) is 0 Å². The van der Waals surface area contributed by atoms with Crippen LogP contribution in [-0.2, 0) is 11.2 Å². The molecule has 0 unspecified atom stereocenters. The molecule has 76 valence electrons. The first-order valence-electron chi connectivity index (χ1n) is 4.34. The smallest absolute Gasteiger partial charge is 0.224 e. The lowest BCUT2D eigenvalue weighted by atomic mass is 10.1. The fraction of sp³-hybridized carbons (Fsp3) is 0.300. The van der Waals surface area contributed by atoms with E-state index in [0.717, 1.165) is 9.13 Å². The normalized spacial score (nSPS) is 9.86. The SMILES string of the molecule is O=C(Cc1cccc(I)c1)NCCO. The third kappa shape index (κ3) is 4.06. The summed E-state index contributed by atoms with van der Waals surface area (Å²) in [5.41, 5.74) is 0.993. The molecule has 3 nitrogen and oxygen atoms in total. The van der Waals surface area contributed by atoms with E-state index in [-0.39, 0.29) is 12.5 Å². The van der Waals surface area contributed by atoms with Crippen molar-refractivity contribution in [3.8, 4) is 0 Å². The maximum atomic E-state index is 11.3. The van der Waals surface area contributed by atoms with Crippen molar-refractivity contribution in [2.75, 3.05) is 13.2 Å². The number of carbonyl (C=O) groups excluding carboxylic acids is 1. The molecule has 1 aromatic rings. The van der Waals surface area contributed by atoms with E-state index in [1.165, 1.54) is 0 Å². The Morgan fingerprint density at radius 1 is 1.50 bits per heavy atom. The van der Waals surface area contributed by atoms with Crippen LogP contribution in [0.25, 0.3) is 0 Å². The van der Waals surface area contributed by atoms with Crippen LogP contribution in [0.3, 0.4) is 0 Å². The predicted molar refractivity (Wildman–Crippen MR) is 63.0 cm³/mol. The lowest BCUT2D eigenvalue weighted by Crippen LogP contribution is -2.27. The zero-order valence-electron chi connectivity index (χ0n) is 7.66. The second-order valence-corrected chi connectivity index (χ2v) is 4.13. The van der Waals surface area contributed by atoms with Gasteiger partial charge in [0, 0.05) is 10.1 Å². The number of amides is 1. The number of hydrogen-bond acceptors (Lipinski definition) is 2. The van der Waals surface area contributed by atoms with Gasteiger partial charge in [0.2, 0.25) is 5.91 Å². The molecule has 0 aromatic heterocycles. The Morgan fingerprint density at radius 3 is 2.93 bits per heavy atom. The van der Waals surface area contributed by atoms with Crippen LogP contribution in [0.5, 0.6) is 0 Å². The van der Waals surface area contributed by atoms with Crippen molar-refractivity contribution in [3.05, 3.63) is 33.4 Å². The van der Waals surface area contributed by atoms with Gasteiger partial charge < -0.3 is 10.4 Å². The Balaban J connectivity index is 2.47. The van der Waals surface area contributed by atoms with Gasteiger partial charge in [-0.05, 0) is 40.3 Å². The summed E-state index contributed by atoms with van der Waals surface area (Å²) in [5.74, 6) is -0.0546. The number of aliphatic hydroxyl groups excluding tert-OH is 1. The standard InChI is InChI=1S/C10H12INO2/c11-9-3-1-2-8(6-9)7-10(14)12-4-5-13/h1-3,6,13H,4-5,7H2,(H,12,14). The van der Waals surface area contributed by atoms with Crippen LogP contribution < -0.4 is 5.32 Å². The van der Waals surface area contributed by atoms with Crippen LogP contribution in [-0.4, -0.2) is 24.2 Å². The summed E-state index contributed by atoms with van der Waals surface area (Å²) in [7, 11) is 0. The van der Waals surface area contributed by atoms with Gasteiger partial charge in [-0.1, -0.05) is 12.1 Å². The van der Waals surface area contributed by atoms with E-state index in [4.69, 9.17) is 5.11 Å². The van der Waals surface area contributed by atoms with E-state index in [1.807, 2.05) is 24.3 Å². The molecule has 0 fully saturated rings. The van der Waals surface area contributed by atoms with Gasteiger partial charge >= 0.3 is 0 Å². The highest BCUT2D eigenvalue weighted by molar-refractivity contribution is 14.1. The number of benzene rings is 1. The second kappa shape index (κ2) is 5.98. The number of aliphatic hydroxyl groups is 1. The molecule has 1 aromatic carbocycles. The van der Waals surface area contributed by atoms with E-state index in [0.29, 0.717) is 13.0 Å². The Kier molecular flexibility index (Phi) is 4.89. The van der Waals surface area contributed by atoms with Crippen molar-refractivity contribution >= 4 is 28.5 Å². The molecule has 4 heteroatoms. The van der Waals surface area contributed by atoms with Crippen LogP contribution in [0.1, 0.15) is 5.56 Å². The first kappa shape index (κ1) is 11.5. The minimum Gasteiger partial charge on any atom is -0.395 e. The molecule has 0 aliphatic carbocycles. The highest BCUT2D eigenvalue weighted by Crippen LogP contribution is 2.07. The van der Waals surface area contributed by atoms with Crippen LogP contribution in [0.2, 0.25) is 0 Å². The fourth-order valence-corrected chi connectivity index (χ4v) is 1.70. The van der Waals surface area contributed by atoms with Crippen molar-refractivity contribution in [1.29, 1.82) is 0 Å². The maximum absolute atomic E-state index is 11.3. The van der Waals surface area contributed by atoms with E-state index in [9.17, 15) is 4.79 Å². The monoisotopic (exact) mass is 305 g/mol. The number of halogens is 1. The quantitative estimate of drug-likeness (QED) is 0.814. The highest BCUT2D eigenvalue weighted by Gasteiger charge is 2.02. The van der Waals surface area contributed by atoms with Crippen molar-refractivity contribution in [2.45, 2.75) is 6.42 Å². The number of carbonyl (C=O) groups is 1. The van der Waals surface area contributed by atoms with Gasteiger partial charge in [-0.25, -0.2) is 0 Å². The molecule has 0 heterocycles. The van der Waals surface area contributed by atoms with Gasteiger partial charge in [0.05, 0.1) is 13.0 Å². The second-order valence-electron chi connectivity index (χ2n) is 2.88. The number of rotatable bonds is 4. The first-order chi connectivity index (χ1) is 6.72. The minimum absolute atomic E-state index is 0.0158. The Hall–Kier alpha value is -0.620. The van der Waals surface area contributed by atoms with E-state index >= 15 is 0 Å². The van der Waals surface area contributed by atoms with Gasteiger partial charge in [-0.2, -0.15) is 0 Å². The third-order valence-corrected chi connectivity index (χ3v) is 2.36. The average molecular weight is 305 g/mol. The third-order valence-electron chi connectivity index (χ3n) is 1.69. The summed E-state index contributed by atoms with van der Waals surface area (Å²) in [6.45, 7) is 0.306. The zero-order chi connectivity index (χ0) is 10.4. The molecule has 0 radical (unpaired) electrons. The molecular formula is C10H12INO2. The molecule has 14 heavy (non-hydrogen) atoms. The maximum Gasteiger partial charge on any atom is 0.224 e. The van der Waals surface area contributed by atoms with Crippen LogP contribution in [0, 0.1) is 3.57 Å². The molecule has 1 rings (SSSR count). The predicted octanol–water partition coefficient (Wildman–Crippen LogP) is 0.942. The van der Waals surface area contributed by atoms with Crippen molar-refractivity contribution in [3.63, 3.8) is 0 Å². The van der Waals surface area contributed by atoms with E-state index < -0.39 is 0 Å².